The van der Waals surface area contributed by atoms with Crippen LogP contribution in [0.15, 0.2) is 24.3 Å². The highest BCUT2D eigenvalue weighted by atomic mass is 16.5. The SMILES string of the molecule is COc1ccccc1CNC1(CO)CC1. The van der Waals surface area contributed by atoms with Gasteiger partial charge < -0.3 is 15.2 Å². The van der Waals surface area contributed by atoms with E-state index in [0.29, 0.717) is 0 Å². The van der Waals surface area contributed by atoms with Gasteiger partial charge in [-0.1, -0.05) is 18.2 Å². The summed E-state index contributed by atoms with van der Waals surface area (Å²) in [6.45, 7) is 0.979. The molecule has 1 aromatic carbocycles. The zero-order valence-corrected chi connectivity index (χ0v) is 8.99. The summed E-state index contributed by atoms with van der Waals surface area (Å²) < 4.78 is 5.26. The van der Waals surface area contributed by atoms with Gasteiger partial charge in [-0.15, -0.1) is 0 Å². The summed E-state index contributed by atoms with van der Waals surface area (Å²) in [5, 5.41) is 12.5. The molecule has 1 aliphatic rings. The van der Waals surface area contributed by atoms with Crippen LogP contribution in [0.4, 0.5) is 0 Å². The molecule has 0 spiro atoms. The van der Waals surface area contributed by atoms with E-state index in [1.807, 2.05) is 24.3 Å². The molecule has 1 aliphatic carbocycles. The van der Waals surface area contributed by atoms with Crippen LogP contribution in [0.25, 0.3) is 0 Å². The van der Waals surface area contributed by atoms with Crippen molar-refractivity contribution in [1.29, 1.82) is 0 Å². The van der Waals surface area contributed by atoms with Crippen molar-refractivity contribution in [2.24, 2.45) is 0 Å². The maximum Gasteiger partial charge on any atom is 0.123 e. The van der Waals surface area contributed by atoms with Crippen LogP contribution in [0.1, 0.15) is 18.4 Å². The zero-order chi connectivity index (χ0) is 10.7. The van der Waals surface area contributed by atoms with Crippen LogP contribution >= 0.6 is 0 Å². The molecule has 0 bridgehead atoms. The van der Waals surface area contributed by atoms with Crippen molar-refractivity contribution in [3.8, 4) is 5.75 Å². The zero-order valence-electron chi connectivity index (χ0n) is 8.99. The van der Waals surface area contributed by atoms with Crippen LogP contribution in [0.5, 0.6) is 5.75 Å². The monoisotopic (exact) mass is 207 g/mol. The molecule has 3 heteroatoms. The molecular formula is C12H17NO2. The fourth-order valence-electron chi connectivity index (χ4n) is 1.67. The predicted molar refractivity (Wildman–Crippen MR) is 58.9 cm³/mol. The second-order valence-electron chi connectivity index (χ2n) is 4.10. The number of ether oxygens (including phenoxy) is 1. The topological polar surface area (TPSA) is 41.5 Å². The summed E-state index contributed by atoms with van der Waals surface area (Å²) in [5.74, 6) is 0.902. The van der Waals surface area contributed by atoms with Gasteiger partial charge in [0.15, 0.2) is 0 Å². The lowest BCUT2D eigenvalue weighted by molar-refractivity contribution is 0.229. The Morgan fingerprint density at radius 3 is 2.73 bits per heavy atom. The van der Waals surface area contributed by atoms with Gasteiger partial charge in [0, 0.05) is 17.6 Å². The van der Waals surface area contributed by atoms with E-state index in [4.69, 9.17) is 9.84 Å². The molecular weight excluding hydrogens is 190 g/mol. The number of hydrogen-bond acceptors (Lipinski definition) is 3. The third-order valence-electron chi connectivity index (χ3n) is 3.00. The van der Waals surface area contributed by atoms with E-state index in [-0.39, 0.29) is 12.1 Å². The number of aliphatic hydroxyl groups excluding tert-OH is 1. The van der Waals surface area contributed by atoms with Crippen molar-refractivity contribution < 1.29 is 9.84 Å². The summed E-state index contributed by atoms with van der Waals surface area (Å²) in [4.78, 5) is 0. The van der Waals surface area contributed by atoms with Crippen LogP contribution in [0.3, 0.4) is 0 Å². The quantitative estimate of drug-likeness (QED) is 0.765. The molecule has 0 atom stereocenters. The fourth-order valence-corrected chi connectivity index (χ4v) is 1.67. The van der Waals surface area contributed by atoms with Gasteiger partial charge in [0.1, 0.15) is 5.75 Å². The largest absolute Gasteiger partial charge is 0.496 e. The average molecular weight is 207 g/mol. The lowest BCUT2D eigenvalue weighted by atomic mass is 10.2. The summed E-state index contributed by atoms with van der Waals surface area (Å²) in [6.07, 6.45) is 2.14. The summed E-state index contributed by atoms with van der Waals surface area (Å²) in [7, 11) is 1.68. The van der Waals surface area contributed by atoms with Gasteiger partial charge >= 0.3 is 0 Å². The van der Waals surface area contributed by atoms with Crippen LogP contribution in [-0.4, -0.2) is 24.4 Å². The molecule has 15 heavy (non-hydrogen) atoms. The molecule has 82 valence electrons. The number of methoxy groups -OCH3 is 1. The van der Waals surface area contributed by atoms with E-state index in [9.17, 15) is 0 Å². The normalized spacial score (nSPS) is 17.5. The van der Waals surface area contributed by atoms with Gasteiger partial charge in [-0.2, -0.15) is 0 Å². The molecule has 0 amide bonds. The van der Waals surface area contributed by atoms with E-state index in [1.54, 1.807) is 7.11 Å². The Morgan fingerprint density at radius 2 is 2.13 bits per heavy atom. The Bertz CT molecular complexity index is 334. The Labute approximate surface area is 90.1 Å². The standard InChI is InChI=1S/C12H17NO2/c1-15-11-5-3-2-4-10(11)8-13-12(9-14)6-7-12/h2-5,13-14H,6-9H2,1H3. The van der Waals surface area contributed by atoms with Crippen molar-refractivity contribution in [1.82, 2.24) is 5.32 Å². The first-order valence-corrected chi connectivity index (χ1v) is 5.27. The van der Waals surface area contributed by atoms with Gasteiger partial charge in [-0.05, 0) is 18.9 Å². The Balaban J connectivity index is 1.98. The van der Waals surface area contributed by atoms with Gasteiger partial charge in [0.05, 0.1) is 13.7 Å². The Kier molecular flexibility index (Phi) is 2.93. The smallest absolute Gasteiger partial charge is 0.123 e. The molecule has 3 nitrogen and oxygen atoms in total. The molecule has 1 fully saturated rings. The molecule has 0 aromatic heterocycles. The molecule has 2 N–H and O–H groups in total. The maximum absolute atomic E-state index is 9.17. The Morgan fingerprint density at radius 1 is 1.40 bits per heavy atom. The fraction of sp³-hybridized carbons (Fsp3) is 0.500. The van der Waals surface area contributed by atoms with E-state index in [1.165, 1.54) is 0 Å². The molecule has 2 rings (SSSR count). The number of nitrogens with one attached hydrogen (secondary N) is 1. The van der Waals surface area contributed by atoms with Crippen molar-refractivity contribution in [3.05, 3.63) is 29.8 Å². The van der Waals surface area contributed by atoms with Crippen LogP contribution < -0.4 is 10.1 Å². The second kappa shape index (κ2) is 4.21. The minimum atomic E-state index is -0.0130. The number of hydrogen-bond donors (Lipinski definition) is 2. The van der Waals surface area contributed by atoms with E-state index >= 15 is 0 Å². The first-order valence-electron chi connectivity index (χ1n) is 5.27. The lowest BCUT2D eigenvalue weighted by Crippen LogP contribution is -2.34. The Hall–Kier alpha value is -1.06. The van der Waals surface area contributed by atoms with Crippen LogP contribution in [0.2, 0.25) is 0 Å². The summed E-state index contributed by atoms with van der Waals surface area (Å²) in [5.41, 5.74) is 1.13. The molecule has 0 aliphatic heterocycles. The third-order valence-corrected chi connectivity index (χ3v) is 3.00. The highest BCUT2D eigenvalue weighted by Gasteiger charge is 2.41. The lowest BCUT2D eigenvalue weighted by Gasteiger charge is -2.15. The van der Waals surface area contributed by atoms with Crippen molar-refractivity contribution in [2.75, 3.05) is 13.7 Å². The first kappa shape index (κ1) is 10.5. The minimum Gasteiger partial charge on any atom is -0.496 e. The summed E-state index contributed by atoms with van der Waals surface area (Å²) in [6, 6.07) is 7.95. The first-order chi connectivity index (χ1) is 7.29. The minimum absolute atomic E-state index is 0.0130. The maximum atomic E-state index is 9.17. The highest BCUT2D eigenvalue weighted by Crippen LogP contribution is 2.35. The molecule has 0 saturated heterocycles. The van der Waals surface area contributed by atoms with E-state index < -0.39 is 0 Å². The van der Waals surface area contributed by atoms with Gasteiger partial charge in [-0.3, -0.25) is 0 Å². The van der Waals surface area contributed by atoms with E-state index in [0.717, 1.165) is 30.7 Å². The predicted octanol–water partition coefficient (Wildman–Crippen LogP) is 1.31. The van der Waals surface area contributed by atoms with Crippen molar-refractivity contribution >= 4 is 0 Å². The summed E-state index contributed by atoms with van der Waals surface area (Å²) >= 11 is 0. The molecule has 1 saturated carbocycles. The number of rotatable bonds is 5. The van der Waals surface area contributed by atoms with Crippen LogP contribution in [-0.2, 0) is 6.54 Å². The molecule has 0 unspecified atom stereocenters. The molecule has 0 radical (unpaired) electrons. The number of benzene rings is 1. The number of para-hydroxylation sites is 1. The van der Waals surface area contributed by atoms with Gasteiger partial charge in [0.2, 0.25) is 0 Å². The highest BCUT2D eigenvalue weighted by molar-refractivity contribution is 5.33. The van der Waals surface area contributed by atoms with Gasteiger partial charge in [0.25, 0.3) is 0 Å². The third kappa shape index (κ3) is 2.30. The molecule has 0 heterocycles. The average Bonchev–Trinajstić information content (AvgIpc) is 3.07. The molecule has 1 aromatic rings. The van der Waals surface area contributed by atoms with Crippen molar-refractivity contribution in [3.63, 3.8) is 0 Å². The van der Waals surface area contributed by atoms with Crippen molar-refractivity contribution in [2.45, 2.75) is 24.9 Å². The van der Waals surface area contributed by atoms with Gasteiger partial charge in [-0.25, -0.2) is 0 Å². The second-order valence-corrected chi connectivity index (χ2v) is 4.10. The number of aliphatic hydroxyl groups is 1. The van der Waals surface area contributed by atoms with E-state index in [2.05, 4.69) is 5.32 Å². The van der Waals surface area contributed by atoms with Crippen LogP contribution in [0, 0.1) is 0 Å².